The number of nitrogens with one attached hydrogen (secondary N) is 1. The molecule has 2 aromatic carbocycles. The minimum Gasteiger partial charge on any atom is -0.481 e. The number of H-pyrrole nitrogens is 1. The molecule has 2 heterocycles. The molecule has 1 atom stereocenters. The van der Waals surface area contributed by atoms with Gasteiger partial charge in [-0.25, -0.2) is 4.79 Å². The first-order valence-corrected chi connectivity index (χ1v) is 11.2. The zero-order valence-corrected chi connectivity index (χ0v) is 18.6. The van der Waals surface area contributed by atoms with Crippen molar-refractivity contribution >= 4 is 54.5 Å². The van der Waals surface area contributed by atoms with Crippen molar-refractivity contribution in [3.05, 3.63) is 66.6 Å². The third kappa shape index (κ3) is 3.75. The van der Waals surface area contributed by atoms with E-state index in [-0.39, 0.29) is 23.5 Å². The van der Waals surface area contributed by atoms with Gasteiger partial charge >= 0.3 is 16.5 Å². The van der Waals surface area contributed by atoms with Crippen LogP contribution >= 0.6 is 27.3 Å². The number of aromatic nitrogens is 3. The molecule has 156 valence electrons. The summed E-state index contributed by atoms with van der Waals surface area (Å²) in [6.07, 6.45) is 1.26. The summed E-state index contributed by atoms with van der Waals surface area (Å²) < 4.78 is 4.89. The van der Waals surface area contributed by atoms with Gasteiger partial charge in [0, 0.05) is 10.5 Å². The fourth-order valence-corrected chi connectivity index (χ4v) is 5.30. The zero-order valence-electron chi connectivity index (χ0n) is 16.2. The van der Waals surface area contributed by atoms with Gasteiger partial charge in [-0.1, -0.05) is 52.7 Å². The number of rotatable bonds is 7. The molecule has 0 radical (unpaired) electrons. The van der Waals surface area contributed by atoms with Crippen LogP contribution < -0.4 is 10.6 Å². The SMILES string of the molecule is CCCC(CC(=O)O)n1c(=O)n(Cc2cc(Br)cc3[nH]c(=O)sc23)c2ccccc21. The molecule has 1 unspecified atom stereocenters. The number of carboxylic acids is 1. The number of hydrogen-bond donors (Lipinski definition) is 2. The van der Waals surface area contributed by atoms with Crippen molar-refractivity contribution in [2.24, 2.45) is 0 Å². The Morgan fingerprint density at radius 2 is 1.97 bits per heavy atom. The average Bonchev–Trinajstić information content (AvgIpc) is 3.18. The van der Waals surface area contributed by atoms with E-state index in [4.69, 9.17) is 0 Å². The number of carbonyl (C=O) groups is 1. The van der Waals surface area contributed by atoms with Crippen molar-refractivity contribution in [1.82, 2.24) is 14.1 Å². The van der Waals surface area contributed by atoms with Gasteiger partial charge in [-0.05, 0) is 36.2 Å². The van der Waals surface area contributed by atoms with Crippen molar-refractivity contribution < 1.29 is 9.90 Å². The molecule has 0 spiro atoms. The second-order valence-corrected chi connectivity index (χ2v) is 9.12. The second-order valence-electron chi connectivity index (χ2n) is 7.22. The maximum atomic E-state index is 13.5. The molecular formula is C21H20BrN3O4S. The lowest BCUT2D eigenvalue weighted by Crippen LogP contribution is -2.29. The van der Waals surface area contributed by atoms with Crippen LogP contribution in [0.3, 0.4) is 0 Å². The molecule has 4 rings (SSSR count). The highest BCUT2D eigenvalue weighted by Crippen LogP contribution is 2.28. The molecule has 0 aliphatic rings. The minimum absolute atomic E-state index is 0.109. The Labute approximate surface area is 183 Å². The first kappa shape index (κ1) is 20.6. The number of para-hydroxylation sites is 2. The summed E-state index contributed by atoms with van der Waals surface area (Å²) in [6.45, 7) is 2.26. The highest BCUT2D eigenvalue weighted by Gasteiger charge is 2.22. The summed E-state index contributed by atoms with van der Waals surface area (Å²) in [5, 5.41) is 9.37. The van der Waals surface area contributed by atoms with Gasteiger partial charge in [0.25, 0.3) is 0 Å². The first-order valence-electron chi connectivity index (χ1n) is 9.61. The third-order valence-corrected chi connectivity index (χ3v) is 6.59. The first-order chi connectivity index (χ1) is 14.4. The number of imidazole rings is 1. The Morgan fingerprint density at radius 3 is 2.67 bits per heavy atom. The van der Waals surface area contributed by atoms with Gasteiger partial charge in [0.15, 0.2) is 0 Å². The molecular weight excluding hydrogens is 470 g/mol. The zero-order chi connectivity index (χ0) is 21.4. The van der Waals surface area contributed by atoms with E-state index in [0.29, 0.717) is 6.42 Å². The molecule has 0 amide bonds. The van der Waals surface area contributed by atoms with Crippen LogP contribution in [0, 0.1) is 0 Å². The summed E-state index contributed by atoms with van der Waals surface area (Å²) >= 11 is 4.59. The number of fused-ring (bicyclic) bond motifs is 2. The molecule has 2 aromatic heterocycles. The van der Waals surface area contributed by atoms with Crippen molar-refractivity contribution in [2.45, 2.75) is 38.8 Å². The monoisotopic (exact) mass is 489 g/mol. The van der Waals surface area contributed by atoms with E-state index in [1.807, 2.05) is 43.3 Å². The standard InChI is InChI=1S/C21H20BrN3O4S/c1-2-5-14(10-18(26)27)25-17-7-4-3-6-16(17)24(21(25)29)11-12-8-13(22)9-15-19(12)30-20(28)23-15/h3-4,6-9,14H,2,5,10-11H2,1H3,(H,23,28)(H,26,27). The van der Waals surface area contributed by atoms with Crippen LogP contribution in [0.15, 0.2) is 50.5 Å². The van der Waals surface area contributed by atoms with Crippen molar-refractivity contribution in [1.29, 1.82) is 0 Å². The minimum atomic E-state index is -0.928. The third-order valence-electron chi connectivity index (χ3n) is 5.16. The Morgan fingerprint density at radius 1 is 1.23 bits per heavy atom. The van der Waals surface area contributed by atoms with Crippen LogP contribution in [0.4, 0.5) is 0 Å². The molecule has 2 N–H and O–H groups in total. The summed E-state index contributed by atoms with van der Waals surface area (Å²) in [5.74, 6) is -0.928. The van der Waals surface area contributed by atoms with E-state index < -0.39 is 12.0 Å². The maximum Gasteiger partial charge on any atom is 0.329 e. The lowest BCUT2D eigenvalue weighted by molar-refractivity contribution is -0.137. The van der Waals surface area contributed by atoms with Crippen molar-refractivity contribution in [3.63, 3.8) is 0 Å². The van der Waals surface area contributed by atoms with E-state index in [9.17, 15) is 19.5 Å². The van der Waals surface area contributed by atoms with E-state index in [0.717, 1.165) is 49.0 Å². The summed E-state index contributed by atoms with van der Waals surface area (Å²) in [5.41, 5.74) is 2.78. The fraction of sp³-hybridized carbons (Fsp3) is 0.286. The molecule has 0 aliphatic carbocycles. The Hall–Kier alpha value is -2.65. The normalized spacial score (nSPS) is 12.6. The van der Waals surface area contributed by atoms with Gasteiger partial charge in [-0.15, -0.1) is 0 Å². The molecule has 0 saturated carbocycles. The van der Waals surface area contributed by atoms with Gasteiger partial charge in [0.2, 0.25) is 0 Å². The van der Waals surface area contributed by atoms with Gasteiger partial charge in [0.05, 0.1) is 34.2 Å². The number of aliphatic carboxylic acids is 1. The molecule has 0 saturated heterocycles. The highest BCUT2D eigenvalue weighted by atomic mass is 79.9. The van der Waals surface area contributed by atoms with Crippen LogP contribution in [0.2, 0.25) is 0 Å². The quantitative estimate of drug-likeness (QED) is 0.403. The number of aromatic amines is 1. The number of carboxylic acid groups (broad SMARTS) is 1. The molecule has 0 bridgehead atoms. The van der Waals surface area contributed by atoms with E-state index >= 15 is 0 Å². The second kappa shape index (κ2) is 8.23. The Kier molecular flexibility index (Phi) is 5.66. The largest absolute Gasteiger partial charge is 0.481 e. The van der Waals surface area contributed by atoms with Gasteiger partial charge < -0.3 is 10.1 Å². The topological polar surface area (TPSA) is 97.1 Å². The summed E-state index contributed by atoms with van der Waals surface area (Å²) in [7, 11) is 0. The van der Waals surface area contributed by atoms with Gasteiger partial charge in [0.1, 0.15) is 0 Å². The van der Waals surface area contributed by atoms with Crippen molar-refractivity contribution in [2.75, 3.05) is 0 Å². The number of benzene rings is 2. The lowest BCUT2D eigenvalue weighted by Gasteiger charge is -2.16. The van der Waals surface area contributed by atoms with Crippen molar-refractivity contribution in [3.8, 4) is 0 Å². The maximum absolute atomic E-state index is 13.5. The smallest absolute Gasteiger partial charge is 0.329 e. The predicted octanol–water partition coefficient (Wildman–Crippen LogP) is 4.33. The Bertz CT molecular complexity index is 1360. The molecule has 7 nitrogen and oxygen atoms in total. The number of hydrogen-bond acceptors (Lipinski definition) is 4. The van der Waals surface area contributed by atoms with Crippen LogP contribution in [0.1, 0.15) is 37.8 Å². The van der Waals surface area contributed by atoms with E-state index in [1.54, 1.807) is 9.13 Å². The molecule has 0 fully saturated rings. The summed E-state index contributed by atoms with van der Waals surface area (Å²) in [4.78, 5) is 39.4. The molecule has 0 aliphatic heterocycles. The number of halogens is 1. The van der Waals surface area contributed by atoms with Gasteiger partial charge in [-0.2, -0.15) is 0 Å². The van der Waals surface area contributed by atoms with Crippen LogP contribution in [0.25, 0.3) is 21.3 Å². The lowest BCUT2D eigenvalue weighted by atomic mass is 10.1. The van der Waals surface area contributed by atoms with E-state index in [1.165, 1.54) is 0 Å². The fourth-order valence-electron chi connectivity index (χ4n) is 3.97. The molecule has 9 heteroatoms. The predicted molar refractivity (Wildman–Crippen MR) is 122 cm³/mol. The molecule has 4 aromatic rings. The Balaban J connectivity index is 1.91. The molecule has 30 heavy (non-hydrogen) atoms. The van der Waals surface area contributed by atoms with Crippen LogP contribution in [-0.4, -0.2) is 25.2 Å². The average molecular weight is 490 g/mol. The van der Waals surface area contributed by atoms with E-state index in [2.05, 4.69) is 20.9 Å². The van der Waals surface area contributed by atoms with Crippen LogP contribution in [-0.2, 0) is 11.3 Å². The number of nitrogens with zero attached hydrogens (tertiary/aromatic N) is 2. The number of thiazole rings is 1. The van der Waals surface area contributed by atoms with Gasteiger partial charge in [-0.3, -0.25) is 18.7 Å². The van der Waals surface area contributed by atoms with Crippen LogP contribution in [0.5, 0.6) is 0 Å². The highest BCUT2D eigenvalue weighted by molar-refractivity contribution is 9.10. The summed E-state index contributed by atoms with van der Waals surface area (Å²) in [6, 6.07) is 10.8.